The predicted octanol–water partition coefficient (Wildman–Crippen LogP) is 1.58. The lowest BCUT2D eigenvalue weighted by Crippen LogP contribution is -2.50. The zero-order valence-corrected chi connectivity index (χ0v) is 8.94. The lowest BCUT2D eigenvalue weighted by molar-refractivity contribution is -0.885. The molecule has 0 spiro atoms. The van der Waals surface area contributed by atoms with Gasteiger partial charge in [-0.25, -0.2) is 0 Å². The van der Waals surface area contributed by atoms with Gasteiger partial charge < -0.3 is 16.0 Å². The van der Waals surface area contributed by atoms with E-state index in [4.69, 9.17) is 5.69 Å². The average Bonchev–Trinajstić information content (AvgIpc) is 2.03. The second-order valence-electron chi connectivity index (χ2n) is 3.36. The number of likely N-dealkylation sites (N-methyl/N-ethyl adjacent to an activating group) is 1. The van der Waals surface area contributed by atoms with E-state index in [0.29, 0.717) is 0 Å². The lowest BCUT2D eigenvalue weighted by atomic mass is 10.2. The molecule has 1 heterocycles. The van der Waals surface area contributed by atoms with Gasteiger partial charge in [0, 0.05) is 6.08 Å². The Morgan fingerprint density at radius 2 is 2.17 bits per heavy atom. The number of rotatable bonds is 3. The van der Waals surface area contributed by atoms with E-state index in [1.807, 2.05) is 0 Å². The van der Waals surface area contributed by atoms with Gasteiger partial charge in [0.2, 0.25) is 0 Å². The maximum atomic E-state index is 5.91. The number of hydrogen-bond acceptors (Lipinski definition) is 1. The standard InChI is InChI=1S/C10H19NS/c1-4-11(7-6-8-11)9-10-12(3)5-2/h3,6-7H,4-5,8-10H2,1-2H3. The zero-order valence-electron chi connectivity index (χ0n) is 8.12. The summed E-state index contributed by atoms with van der Waals surface area (Å²) in [5, 5.41) is 0. The van der Waals surface area contributed by atoms with E-state index < -0.39 is 0 Å². The fraction of sp³-hybridized carbons (Fsp3) is 0.700. The minimum atomic E-state index is 0.158. The van der Waals surface area contributed by atoms with Crippen LogP contribution in [0.4, 0.5) is 0 Å². The molecule has 1 aliphatic heterocycles. The third kappa shape index (κ3) is 2.16. The van der Waals surface area contributed by atoms with E-state index in [0.717, 1.165) is 5.75 Å². The molecule has 0 fully saturated rings. The van der Waals surface area contributed by atoms with Gasteiger partial charge in [-0.05, 0) is 6.92 Å². The summed E-state index contributed by atoms with van der Waals surface area (Å²) in [6.45, 7) is 8.10. The van der Waals surface area contributed by atoms with Crippen LogP contribution >= 0.6 is 0 Å². The lowest BCUT2D eigenvalue weighted by Gasteiger charge is -2.39. The Kier molecular flexibility index (Phi) is 3.45. The molecule has 0 amide bonds. The van der Waals surface area contributed by atoms with Crippen LogP contribution in [0.25, 0.3) is 0 Å². The first-order valence-corrected chi connectivity index (χ1v) is 6.30. The van der Waals surface area contributed by atoms with Crippen molar-refractivity contribution >= 4 is 10.3 Å². The van der Waals surface area contributed by atoms with Crippen molar-refractivity contribution in [3.05, 3.63) is 12.3 Å². The molecule has 0 aromatic rings. The van der Waals surface area contributed by atoms with Gasteiger partial charge in [-0.15, -0.1) is 5.75 Å². The summed E-state index contributed by atoms with van der Waals surface area (Å²) in [7, 11) is 0.158. The molecule has 1 nitrogen and oxygen atoms in total. The van der Waals surface area contributed by atoms with Crippen molar-refractivity contribution in [3.8, 4) is 5.69 Å². The maximum Gasteiger partial charge on any atom is 0.107 e. The Morgan fingerprint density at radius 3 is 2.50 bits per heavy atom. The molecule has 0 saturated carbocycles. The van der Waals surface area contributed by atoms with Gasteiger partial charge in [0.05, 0.1) is 19.3 Å². The van der Waals surface area contributed by atoms with Crippen LogP contribution in [0.5, 0.6) is 0 Å². The highest BCUT2D eigenvalue weighted by atomic mass is 32.2. The Labute approximate surface area is 78.2 Å². The maximum absolute atomic E-state index is 5.91. The van der Waals surface area contributed by atoms with Gasteiger partial charge in [0.1, 0.15) is 6.54 Å². The van der Waals surface area contributed by atoms with Crippen molar-refractivity contribution < 1.29 is 4.48 Å². The number of quaternary nitrogens is 1. The van der Waals surface area contributed by atoms with Crippen molar-refractivity contribution in [1.82, 2.24) is 0 Å². The molecule has 1 atom stereocenters. The van der Waals surface area contributed by atoms with Crippen molar-refractivity contribution in [3.63, 3.8) is 0 Å². The topological polar surface area (TPSA) is 0 Å². The largest absolute Gasteiger partial charge is 0.452 e. The van der Waals surface area contributed by atoms with Crippen LogP contribution in [0.3, 0.4) is 0 Å². The fourth-order valence-corrected chi connectivity index (χ4v) is 2.29. The van der Waals surface area contributed by atoms with Gasteiger partial charge in [0.15, 0.2) is 0 Å². The van der Waals surface area contributed by atoms with Crippen molar-refractivity contribution in [2.75, 3.05) is 31.1 Å². The predicted molar refractivity (Wildman–Crippen MR) is 57.4 cm³/mol. The molecule has 0 radical (unpaired) electrons. The Morgan fingerprint density at radius 1 is 1.50 bits per heavy atom. The number of hydrogen-bond donors (Lipinski definition) is 0. The molecular formula is C10H19NS. The van der Waals surface area contributed by atoms with Gasteiger partial charge >= 0.3 is 0 Å². The summed E-state index contributed by atoms with van der Waals surface area (Å²) in [5.41, 5.74) is 5.91. The molecule has 0 N–H and O–H groups in total. The zero-order chi connectivity index (χ0) is 9.03. The first-order chi connectivity index (χ1) is 5.72. The second-order valence-corrected chi connectivity index (χ2v) is 5.42. The smallest absolute Gasteiger partial charge is 0.107 e. The van der Waals surface area contributed by atoms with Gasteiger partial charge in [-0.1, -0.05) is 12.7 Å². The molecule has 0 saturated heterocycles. The molecule has 1 rings (SSSR count). The van der Waals surface area contributed by atoms with Crippen molar-refractivity contribution in [1.29, 1.82) is 0 Å². The summed E-state index contributed by atoms with van der Waals surface area (Å²) in [6.07, 6.45) is 4.57. The van der Waals surface area contributed by atoms with E-state index >= 15 is 0 Å². The van der Waals surface area contributed by atoms with Gasteiger partial charge in [0.25, 0.3) is 0 Å². The van der Waals surface area contributed by atoms with E-state index in [9.17, 15) is 0 Å². The first kappa shape index (κ1) is 9.91. The van der Waals surface area contributed by atoms with E-state index in [-0.39, 0.29) is 10.3 Å². The molecule has 1 aliphatic rings. The summed E-state index contributed by atoms with van der Waals surface area (Å²) >= 11 is 0. The van der Waals surface area contributed by atoms with Crippen LogP contribution in [-0.4, -0.2) is 35.6 Å². The van der Waals surface area contributed by atoms with E-state index in [1.54, 1.807) is 0 Å². The summed E-state index contributed by atoms with van der Waals surface area (Å²) in [5.74, 6) is 2.32. The third-order valence-corrected chi connectivity index (χ3v) is 4.14. The molecule has 12 heavy (non-hydrogen) atoms. The summed E-state index contributed by atoms with van der Waals surface area (Å²) in [4.78, 5) is 0. The van der Waals surface area contributed by atoms with Crippen LogP contribution < -0.4 is 0 Å². The monoisotopic (exact) mass is 185 g/mol. The fourth-order valence-electron chi connectivity index (χ4n) is 1.41. The molecule has 70 valence electrons. The summed E-state index contributed by atoms with van der Waals surface area (Å²) in [6, 6.07) is 0. The van der Waals surface area contributed by atoms with Gasteiger partial charge in [-0.3, -0.25) is 4.48 Å². The number of nitrogens with zero attached hydrogens (tertiary/aromatic N) is 1. The molecule has 1 unspecified atom stereocenters. The van der Waals surface area contributed by atoms with Crippen molar-refractivity contribution in [2.24, 2.45) is 0 Å². The molecule has 0 bridgehead atoms. The Bertz CT molecular complexity index is 236. The van der Waals surface area contributed by atoms with E-state index in [2.05, 4.69) is 26.1 Å². The molecule has 0 aliphatic carbocycles. The van der Waals surface area contributed by atoms with Crippen LogP contribution in [-0.2, 0) is 10.3 Å². The van der Waals surface area contributed by atoms with Gasteiger partial charge in [-0.2, -0.15) is 0 Å². The highest BCUT2D eigenvalue weighted by Gasteiger charge is 2.25. The Hall–Kier alpha value is -0.170. The van der Waals surface area contributed by atoms with Crippen LogP contribution in [0, 0.1) is 5.69 Å². The highest BCUT2D eigenvalue weighted by molar-refractivity contribution is 7.86. The van der Waals surface area contributed by atoms with Crippen LogP contribution in [0.1, 0.15) is 13.8 Å². The highest BCUT2D eigenvalue weighted by Crippen LogP contribution is 2.16. The van der Waals surface area contributed by atoms with Crippen LogP contribution in [0.2, 0.25) is 0 Å². The first-order valence-electron chi connectivity index (χ1n) is 4.68. The minimum absolute atomic E-state index is 0.158. The van der Waals surface area contributed by atoms with Crippen LogP contribution in [0.15, 0.2) is 12.3 Å². The minimum Gasteiger partial charge on any atom is -0.452 e. The normalized spacial score (nSPS) is 27.5. The third-order valence-electron chi connectivity index (χ3n) is 2.69. The molecular weight excluding hydrogens is 166 g/mol. The average molecular weight is 185 g/mol. The SMILES string of the molecule is C#[S-](CC)CC[N+]1(CC)C=CC1. The quantitative estimate of drug-likeness (QED) is 0.462. The molecule has 2 heteroatoms. The van der Waals surface area contributed by atoms with Crippen molar-refractivity contribution in [2.45, 2.75) is 13.8 Å². The van der Waals surface area contributed by atoms with E-state index in [1.165, 1.54) is 29.9 Å². The Balaban J connectivity index is 2.32. The second kappa shape index (κ2) is 4.18. The summed E-state index contributed by atoms with van der Waals surface area (Å²) < 4.78 is 1.17. The molecule has 0 aromatic carbocycles. The molecule has 0 aromatic heterocycles.